The number of aromatic nitrogens is 4. The van der Waals surface area contributed by atoms with Crippen LogP contribution in [0.3, 0.4) is 0 Å². The van der Waals surface area contributed by atoms with Crippen LogP contribution in [0.25, 0.3) is 11.4 Å². The first-order valence-corrected chi connectivity index (χ1v) is 10.2. The van der Waals surface area contributed by atoms with Gasteiger partial charge < -0.3 is 5.73 Å². The normalized spacial score (nSPS) is 14.8. The standard InChI is InChI=1S/C23H30N6/c1-15-20(16(2)29(27-15)23(3,4)5)14-28-11-10-21-18(13-28)12-25-22(26-21)17-6-8-19(24)9-7-17/h6-9,12H,10-11,13-14,24H2,1-5H3. The third kappa shape index (κ3) is 3.90. The van der Waals surface area contributed by atoms with Crippen molar-refractivity contribution in [1.29, 1.82) is 0 Å². The number of hydrogen-bond donors (Lipinski definition) is 1. The molecule has 0 radical (unpaired) electrons. The lowest BCUT2D eigenvalue weighted by Gasteiger charge is -2.28. The quantitative estimate of drug-likeness (QED) is 0.688. The highest BCUT2D eigenvalue weighted by molar-refractivity contribution is 5.58. The van der Waals surface area contributed by atoms with Crippen LogP contribution in [0.5, 0.6) is 0 Å². The van der Waals surface area contributed by atoms with Gasteiger partial charge in [0.2, 0.25) is 0 Å². The second kappa shape index (κ2) is 7.26. The summed E-state index contributed by atoms with van der Waals surface area (Å²) >= 11 is 0. The number of hydrogen-bond acceptors (Lipinski definition) is 5. The van der Waals surface area contributed by atoms with Crippen molar-refractivity contribution in [2.75, 3.05) is 12.3 Å². The van der Waals surface area contributed by atoms with Gasteiger partial charge in [-0.05, 0) is 58.9 Å². The minimum absolute atomic E-state index is 0.00602. The summed E-state index contributed by atoms with van der Waals surface area (Å²) in [6.45, 7) is 13.7. The van der Waals surface area contributed by atoms with Crippen LogP contribution in [-0.4, -0.2) is 31.2 Å². The van der Waals surface area contributed by atoms with Crippen molar-refractivity contribution in [2.24, 2.45) is 0 Å². The Morgan fingerprint density at radius 1 is 1.10 bits per heavy atom. The molecule has 152 valence electrons. The summed E-state index contributed by atoms with van der Waals surface area (Å²) in [5.74, 6) is 0.773. The predicted molar refractivity (Wildman–Crippen MR) is 116 cm³/mol. The summed E-state index contributed by atoms with van der Waals surface area (Å²) < 4.78 is 2.15. The Morgan fingerprint density at radius 2 is 1.83 bits per heavy atom. The Morgan fingerprint density at radius 3 is 2.48 bits per heavy atom. The molecule has 0 unspecified atom stereocenters. The number of nitrogen functional groups attached to an aromatic ring is 1. The van der Waals surface area contributed by atoms with Gasteiger partial charge in [-0.1, -0.05) is 0 Å². The molecule has 6 heteroatoms. The summed E-state index contributed by atoms with van der Waals surface area (Å²) in [7, 11) is 0. The summed E-state index contributed by atoms with van der Waals surface area (Å²) in [6.07, 6.45) is 2.92. The number of anilines is 1. The van der Waals surface area contributed by atoms with E-state index in [2.05, 4.69) is 49.2 Å². The van der Waals surface area contributed by atoms with E-state index in [-0.39, 0.29) is 5.54 Å². The van der Waals surface area contributed by atoms with E-state index in [1.807, 2.05) is 30.5 Å². The molecular weight excluding hydrogens is 360 g/mol. The number of nitrogens with zero attached hydrogens (tertiary/aromatic N) is 5. The molecule has 1 aliphatic heterocycles. The fraction of sp³-hybridized carbons (Fsp3) is 0.435. The van der Waals surface area contributed by atoms with E-state index in [9.17, 15) is 0 Å². The molecule has 3 heterocycles. The first-order valence-electron chi connectivity index (χ1n) is 10.2. The Kier molecular flexibility index (Phi) is 4.90. The molecule has 0 saturated carbocycles. The van der Waals surface area contributed by atoms with Gasteiger partial charge in [0.1, 0.15) is 0 Å². The largest absolute Gasteiger partial charge is 0.399 e. The van der Waals surface area contributed by atoms with Gasteiger partial charge in [0.15, 0.2) is 5.82 Å². The lowest BCUT2D eigenvalue weighted by Crippen LogP contribution is -2.31. The minimum atomic E-state index is -0.00602. The lowest BCUT2D eigenvalue weighted by molar-refractivity contribution is 0.241. The fourth-order valence-corrected chi connectivity index (χ4v) is 4.06. The number of nitrogens with two attached hydrogens (primary N) is 1. The van der Waals surface area contributed by atoms with Crippen LogP contribution >= 0.6 is 0 Å². The first kappa shape index (κ1) is 19.6. The molecule has 1 aromatic carbocycles. The third-order valence-corrected chi connectivity index (χ3v) is 5.64. The van der Waals surface area contributed by atoms with Gasteiger partial charge in [-0.25, -0.2) is 9.97 Å². The highest BCUT2D eigenvalue weighted by atomic mass is 15.3. The Balaban J connectivity index is 1.53. The summed E-state index contributed by atoms with van der Waals surface area (Å²) in [4.78, 5) is 11.9. The average molecular weight is 391 g/mol. The maximum Gasteiger partial charge on any atom is 0.159 e. The van der Waals surface area contributed by atoms with Crippen molar-refractivity contribution < 1.29 is 0 Å². The van der Waals surface area contributed by atoms with Crippen molar-refractivity contribution in [3.05, 3.63) is 58.7 Å². The molecule has 0 fully saturated rings. The van der Waals surface area contributed by atoms with E-state index < -0.39 is 0 Å². The fourth-order valence-electron chi connectivity index (χ4n) is 4.06. The number of fused-ring (bicyclic) bond motifs is 1. The Labute approximate surface area is 172 Å². The van der Waals surface area contributed by atoms with Crippen LogP contribution in [0.2, 0.25) is 0 Å². The van der Waals surface area contributed by atoms with Gasteiger partial charge in [0.05, 0.1) is 16.9 Å². The number of aryl methyl sites for hydroxylation is 1. The molecule has 0 aliphatic carbocycles. The van der Waals surface area contributed by atoms with Gasteiger partial charge in [-0.3, -0.25) is 9.58 Å². The van der Waals surface area contributed by atoms with Crippen molar-refractivity contribution >= 4 is 5.69 Å². The van der Waals surface area contributed by atoms with Gasteiger partial charge in [-0.2, -0.15) is 5.10 Å². The van der Waals surface area contributed by atoms with Gasteiger partial charge in [0.25, 0.3) is 0 Å². The SMILES string of the molecule is Cc1nn(C(C)(C)C)c(C)c1CN1CCc2nc(-c3ccc(N)cc3)ncc2C1. The van der Waals surface area contributed by atoms with Gasteiger partial charge >= 0.3 is 0 Å². The van der Waals surface area contributed by atoms with Crippen LogP contribution in [0.1, 0.15) is 49.0 Å². The zero-order valence-corrected chi connectivity index (χ0v) is 18.0. The Bertz CT molecular complexity index is 1030. The zero-order chi connectivity index (χ0) is 20.8. The van der Waals surface area contributed by atoms with Crippen molar-refractivity contribution in [2.45, 2.75) is 59.7 Å². The van der Waals surface area contributed by atoms with E-state index in [0.29, 0.717) is 0 Å². The van der Waals surface area contributed by atoms with Crippen molar-refractivity contribution in [3.63, 3.8) is 0 Å². The Hall–Kier alpha value is -2.73. The van der Waals surface area contributed by atoms with E-state index in [1.165, 1.54) is 16.8 Å². The van der Waals surface area contributed by atoms with Crippen LogP contribution in [0.4, 0.5) is 5.69 Å². The zero-order valence-electron chi connectivity index (χ0n) is 18.0. The molecule has 29 heavy (non-hydrogen) atoms. The van der Waals surface area contributed by atoms with Crippen LogP contribution < -0.4 is 5.73 Å². The minimum Gasteiger partial charge on any atom is -0.399 e. The van der Waals surface area contributed by atoms with Gasteiger partial charge in [-0.15, -0.1) is 0 Å². The number of rotatable bonds is 3. The predicted octanol–water partition coefficient (Wildman–Crippen LogP) is 3.85. The van der Waals surface area contributed by atoms with E-state index >= 15 is 0 Å². The molecule has 0 saturated heterocycles. The van der Waals surface area contributed by atoms with Crippen molar-refractivity contribution in [1.82, 2.24) is 24.6 Å². The molecule has 0 amide bonds. The average Bonchev–Trinajstić information content (AvgIpc) is 2.97. The molecular formula is C23H30N6. The molecule has 0 atom stereocenters. The molecule has 0 bridgehead atoms. The van der Waals surface area contributed by atoms with Crippen LogP contribution in [0, 0.1) is 13.8 Å². The van der Waals surface area contributed by atoms with Crippen molar-refractivity contribution in [3.8, 4) is 11.4 Å². The first-order chi connectivity index (χ1) is 13.7. The summed E-state index contributed by atoms with van der Waals surface area (Å²) in [6, 6.07) is 7.74. The second-order valence-corrected chi connectivity index (χ2v) is 8.98. The molecule has 6 nitrogen and oxygen atoms in total. The topological polar surface area (TPSA) is 72.9 Å². The highest BCUT2D eigenvalue weighted by Crippen LogP contribution is 2.26. The van der Waals surface area contributed by atoms with Crippen LogP contribution in [-0.2, 0) is 25.0 Å². The third-order valence-electron chi connectivity index (χ3n) is 5.64. The molecule has 3 aromatic rings. The molecule has 1 aliphatic rings. The van der Waals surface area contributed by atoms with Gasteiger partial charge in [0, 0.05) is 60.3 Å². The summed E-state index contributed by atoms with van der Waals surface area (Å²) in [5.41, 5.74) is 13.6. The maximum absolute atomic E-state index is 5.79. The molecule has 2 aromatic heterocycles. The second-order valence-electron chi connectivity index (χ2n) is 8.98. The number of benzene rings is 1. The lowest BCUT2D eigenvalue weighted by atomic mass is 10.0. The monoisotopic (exact) mass is 390 g/mol. The smallest absolute Gasteiger partial charge is 0.159 e. The highest BCUT2D eigenvalue weighted by Gasteiger charge is 2.24. The van der Waals surface area contributed by atoms with E-state index in [0.717, 1.165) is 54.5 Å². The van der Waals surface area contributed by atoms with E-state index in [1.54, 1.807) is 0 Å². The summed E-state index contributed by atoms with van der Waals surface area (Å²) in [5, 5.41) is 4.80. The molecule has 2 N–H and O–H groups in total. The van der Waals surface area contributed by atoms with Crippen LogP contribution in [0.15, 0.2) is 30.5 Å². The molecule has 0 spiro atoms. The maximum atomic E-state index is 5.79. The molecule has 4 rings (SSSR count). The van der Waals surface area contributed by atoms with E-state index in [4.69, 9.17) is 15.8 Å².